The van der Waals surface area contributed by atoms with E-state index >= 15 is 0 Å². The minimum Gasteiger partial charge on any atom is -0.391 e. The first-order chi connectivity index (χ1) is 8.65. The summed E-state index contributed by atoms with van der Waals surface area (Å²) < 4.78 is 5.59. The molecule has 1 saturated carbocycles. The van der Waals surface area contributed by atoms with Crippen LogP contribution >= 0.6 is 0 Å². The molecule has 0 spiro atoms. The quantitative estimate of drug-likeness (QED) is 0.800. The van der Waals surface area contributed by atoms with Gasteiger partial charge in [0.2, 0.25) is 0 Å². The predicted molar refractivity (Wildman–Crippen MR) is 73.5 cm³/mol. The second-order valence-electron chi connectivity index (χ2n) is 5.75. The van der Waals surface area contributed by atoms with E-state index in [4.69, 9.17) is 4.74 Å². The number of aliphatic hydroxyl groups excluding tert-OH is 1. The fraction of sp³-hybridized carbons (Fsp3) is 0.625. The van der Waals surface area contributed by atoms with Gasteiger partial charge in [0.1, 0.15) is 0 Å². The fourth-order valence-electron chi connectivity index (χ4n) is 2.16. The maximum absolute atomic E-state index is 9.76. The largest absolute Gasteiger partial charge is 0.391 e. The third-order valence-corrected chi connectivity index (χ3v) is 3.50. The van der Waals surface area contributed by atoms with Crippen molar-refractivity contribution >= 4 is 0 Å². The second-order valence-corrected chi connectivity index (χ2v) is 5.75. The van der Waals surface area contributed by atoms with Crippen molar-refractivity contribution in [3.63, 3.8) is 0 Å². The monoisotopic (exact) mass is 248 g/mol. The Bertz CT molecular complexity index is 369. The third kappa shape index (κ3) is 4.43. The van der Waals surface area contributed by atoms with Gasteiger partial charge < -0.3 is 9.84 Å². The average Bonchev–Trinajstić information content (AvgIpc) is 3.13. The first-order valence-corrected chi connectivity index (χ1v) is 7.00. The molecule has 2 heteroatoms. The van der Waals surface area contributed by atoms with Gasteiger partial charge in [-0.2, -0.15) is 0 Å². The maximum Gasteiger partial charge on any atom is 0.0776 e. The molecule has 1 aromatic rings. The Morgan fingerprint density at radius 2 is 2.11 bits per heavy atom. The lowest BCUT2D eigenvalue weighted by molar-refractivity contribution is 0.0219. The van der Waals surface area contributed by atoms with Gasteiger partial charge in [-0.1, -0.05) is 51.0 Å². The summed E-state index contributed by atoms with van der Waals surface area (Å²) in [6.07, 6.45) is 3.19. The molecule has 1 aromatic carbocycles. The summed E-state index contributed by atoms with van der Waals surface area (Å²) in [5.74, 6) is 1.30. The number of hydrogen-bond donors (Lipinski definition) is 1. The molecular weight excluding hydrogens is 224 g/mol. The van der Waals surface area contributed by atoms with Crippen molar-refractivity contribution in [3.05, 3.63) is 35.4 Å². The summed E-state index contributed by atoms with van der Waals surface area (Å²) in [4.78, 5) is 0. The first kappa shape index (κ1) is 13.6. The van der Waals surface area contributed by atoms with E-state index in [1.165, 1.54) is 24.0 Å². The van der Waals surface area contributed by atoms with Crippen LogP contribution in [0.4, 0.5) is 0 Å². The van der Waals surface area contributed by atoms with Crippen LogP contribution in [-0.2, 0) is 11.3 Å². The molecule has 1 atom stereocenters. The van der Waals surface area contributed by atoms with Crippen molar-refractivity contribution < 1.29 is 9.84 Å². The number of hydrogen-bond acceptors (Lipinski definition) is 2. The molecule has 0 heterocycles. The molecular formula is C16H24O2. The Morgan fingerprint density at radius 3 is 2.78 bits per heavy atom. The summed E-state index contributed by atoms with van der Waals surface area (Å²) in [7, 11) is 0. The van der Waals surface area contributed by atoms with Gasteiger partial charge in [0.25, 0.3) is 0 Å². The van der Waals surface area contributed by atoms with Gasteiger partial charge in [-0.3, -0.25) is 0 Å². The molecule has 1 aliphatic carbocycles. The van der Waals surface area contributed by atoms with Gasteiger partial charge >= 0.3 is 0 Å². The summed E-state index contributed by atoms with van der Waals surface area (Å²) in [5.41, 5.74) is 2.54. The highest BCUT2D eigenvalue weighted by atomic mass is 16.5. The number of aliphatic hydroxyl groups is 1. The summed E-state index contributed by atoms with van der Waals surface area (Å²) in [6.45, 7) is 5.45. The molecule has 0 bridgehead atoms. The van der Waals surface area contributed by atoms with Gasteiger partial charge in [-0.25, -0.2) is 0 Å². The van der Waals surface area contributed by atoms with Crippen molar-refractivity contribution in [2.24, 2.45) is 5.92 Å². The third-order valence-electron chi connectivity index (χ3n) is 3.50. The molecule has 0 aromatic heterocycles. The molecule has 2 rings (SSSR count). The topological polar surface area (TPSA) is 29.5 Å². The molecule has 0 amide bonds. The second kappa shape index (κ2) is 6.35. The zero-order chi connectivity index (χ0) is 13.0. The van der Waals surface area contributed by atoms with Crippen molar-refractivity contribution in [2.45, 2.75) is 51.7 Å². The van der Waals surface area contributed by atoms with Crippen LogP contribution < -0.4 is 0 Å². The Kier molecular flexibility index (Phi) is 4.79. The van der Waals surface area contributed by atoms with Gasteiger partial charge in [0.15, 0.2) is 0 Å². The zero-order valence-electron chi connectivity index (χ0n) is 11.4. The van der Waals surface area contributed by atoms with E-state index in [0.29, 0.717) is 19.1 Å². The van der Waals surface area contributed by atoms with Gasteiger partial charge in [-0.15, -0.1) is 0 Å². The Balaban J connectivity index is 1.73. The molecule has 18 heavy (non-hydrogen) atoms. The molecule has 1 unspecified atom stereocenters. The highest BCUT2D eigenvalue weighted by Crippen LogP contribution is 2.33. The van der Waals surface area contributed by atoms with E-state index in [-0.39, 0.29) is 6.10 Å². The van der Waals surface area contributed by atoms with Gasteiger partial charge in [0.05, 0.1) is 19.3 Å². The van der Waals surface area contributed by atoms with E-state index < -0.39 is 0 Å². The number of rotatable bonds is 7. The van der Waals surface area contributed by atoms with Crippen LogP contribution in [0.3, 0.4) is 0 Å². The van der Waals surface area contributed by atoms with Crippen LogP contribution in [0.1, 0.15) is 50.2 Å². The molecule has 1 fully saturated rings. The average molecular weight is 248 g/mol. The van der Waals surface area contributed by atoms with E-state index in [1.807, 2.05) is 0 Å². The van der Waals surface area contributed by atoms with E-state index in [9.17, 15) is 5.11 Å². The van der Waals surface area contributed by atoms with Crippen molar-refractivity contribution in [1.82, 2.24) is 0 Å². The molecule has 0 saturated heterocycles. The normalized spacial score (nSPS) is 17.1. The predicted octanol–water partition coefficient (Wildman–Crippen LogP) is 3.49. The highest BCUT2D eigenvalue weighted by molar-refractivity contribution is 5.25. The van der Waals surface area contributed by atoms with Crippen LogP contribution in [0.15, 0.2) is 24.3 Å². The van der Waals surface area contributed by atoms with Crippen LogP contribution in [0.5, 0.6) is 0 Å². The van der Waals surface area contributed by atoms with Crippen LogP contribution in [0.25, 0.3) is 0 Å². The summed E-state index contributed by atoms with van der Waals surface area (Å²) >= 11 is 0. The van der Waals surface area contributed by atoms with Gasteiger partial charge in [0, 0.05) is 0 Å². The molecule has 2 nitrogen and oxygen atoms in total. The lowest BCUT2D eigenvalue weighted by atomic mass is 10.0. The van der Waals surface area contributed by atoms with Crippen LogP contribution in [0, 0.1) is 5.92 Å². The smallest absolute Gasteiger partial charge is 0.0776 e. The number of ether oxygens (including phenoxy) is 1. The molecule has 1 aliphatic rings. The lowest BCUT2D eigenvalue weighted by Gasteiger charge is -2.12. The Labute approximate surface area is 110 Å². The Morgan fingerprint density at radius 1 is 1.33 bits per heavy atom. The summed E-state index contributed by atoms with van der Waals surface area (Å²) in [5, 5.41) is 9.76. The Hall–Kier alpha value is -0.860. The SMILES string of the molecule is CC(C)c1cccc(COCC(O)CC2CC2)c1. The molecule has 100 valence electrons. The minimum atomic E-state index is -0.286. The molecule has 0 aliphatic heterocycles. The highest BCUT2D eigenvalue weighted by Gasteiger charge is 2.24. The van der Waals surface area contributed by atoms with E-state index in [2.05, 4.69) is 38.1 Å². The maximum atomic E-state index is 9.76. The zero-order valence-corrected chi connectivity index (χ0v) is 11.4. The first-order valence-electron chi connectivity index (χ1n) is 7.00. The minimum absolute atomic E-state index is 0.286. The summed E-state index contributed by atoms with van der Waals surface area (Å²) in [6, 6.07) is 8.50. The lowest BCUT2D eigenvalue weighted by Crippen LogP contribution is -2.15. The van der Waals surface area contributed by atoms with E-state index in [0.717, 1.165) is 12.3 Å². The van der Waals surface area contributed by atoms with Gasteiger partial charge in [-0.05, 0) is 29.4 Å². The standard InChI is InChI=1S/C16H24O2/c1-12(2)15-5-3-4-14(8-15)10-18-11-16(17)9-13-6-7-13/h3-5,8,12-13,16-17H,6-7,9-11H2,1-2H3. The fourth-order valence-corrected chi connectivity index (χ4v) is 2.16. The number of benzene rings is 1. The molecule has 0 radical (unpaired) electrons. The van der Waals surface area contributed by atoms with Crippen molar-refractivity contribution in [3.8, 4) is 0 Å². The molecule has 1 N–H and O–H groups in total. The van der Waals surface area contributed by atoms with Crippen LogP contribution in [0.2, 0.25) is 0 Å². The van der Waals surface area contributed by atoms with Crippen molar-refractivity contribution in [2.75, 3.05) is 6.61 Å². The van der Waals surface area contributed by atoms with E-state index in [1.54, 1.807) is 0 Å². The van der Waals surface area contributed by atoms with Crippen LogP contribution in [-0.4, -0.2) is 17.8 Å². The van der Waals surface area contributed by atoms with Crippen molar-refractivity contribution in [1.29, 1.82) is 0 Å².